The molecule has 0 bridgehead atoms. The molecule has 1 fully saturated rings. The number of ether oxygens (including phenoxy) is 1. The molecule has 0 unspecified atom stereocenters. The van der Waals surface area contributed by atoms with Crippen molar-refractivity contribution in [2.24, 2.45) is 0 Å². The van der Waals surface area contributed by atoms with E-state index >= 15 is 0 Å². The second kappa shape index (κ2) is 5.17. The Morgan fingerprint density at radius 1 is 1.47 bits per heavy atom. The van der Waals surface area contributed by atoms with Crippen molar-refractivity contribution < 1.29 is 14.6 Å². The van der Waals surface area contributed by atoms with Gasteiger partial charge in [0.2, 0.25) is 0 Å². The third-order valence-corrected chi connectivity index (χ3v) is 2.83. The molecule has 1 saturated heterocycles. The molecule has 0 aliphatic carbocycles. The van der Waals surface area contributed by atoms with Gasteiger partial charge in [-0.1, -0.05) is 6.07 Å². The molecule has 1 aromatic rings. The molecule has 1 aliphatic heterocycles. The zero-order valence-corrected chi connectivity index (χ0v) is 11.6. The van der Waals surface area contributed by atoms with E-state index in [-0.39, 0.29) is 6.10 Å². The molecule has 1 aromatic heterocycles. The maximum absolute atomic E-state index is 11.9. The summed E-state index contributed by atoms with van der Waals surface area (Å²) in [6, 6.07) is 5.27. The van der Waals surface area contributed by atoms with Crippen molar-refractivity contribution in [1.29, 1.82) is 0 Å². The van der Waals surface area contributed by atoms with Gasteiger partial charge in [0.25, 0.3) is 0 Å². The van der Waals surface area contributed by atoms with Gasteiger partial charge in [-0.3, -0.25) is 0 Å². The molecule has 2 rings (SSSR count). The van der Waals surface area contributed by atoms with Crippen LogP contribution in [0.5, 0.6) is 0 Å². The Morgan fingerprint density at radius 2 is 2.21 bits per heavy atom. The molecule has 19 heavy (non-hydrogen) atoms. The monoisotopic (exact) mass is 264 g/mol. The number of nitrogens with zero attached hydrogens (tertiary/aromatic N) is 2. The lowest BCUT2D eigenvalue weighted by Crippen LogP contribution is -2.26. The molecule has 0 aromatic carbocycles. The van der Waals surface area contributed by atoms with E-state index in [2.05, 4.69) is 4.98 Å². The van der Waals surface area contributed by atoms with E-state index in [0.29, 0.717) is 18.1 Å². The summed E-state index contributed by atoms with van der Waals surface area (Å²) in [5.41, 5.74) is -0.229. The van der Waals surface area contributed by atoms with E-state index in [9.17, 15) is 9.90 Å². The average molecular weight is 264 g/mol. The molecule has 0 amide bonds. The fraction of sp³-hybridized carbons (Fsp3) is 0.571. The summed E-state index contributed by atoms with van der Waals surface area (Å²) < 4.78 is 5.29. The molecule has 1 aliphatic rings. The van der Waals surface area contributed by atoms with Gasteiger partial charge in [-0.15, -0.1) is 0 Å². The highest BCUT2D eigenvalue weighted by Crippen LogP contribution is 2.19. The fourth-order valence-electron chi connectivity index (χ4n) is 1.99. The summed E-state index contributed by atoms with van der Waals surface area (Å²) >= 11 is 0. The second-order valence-electron chi connectivity index (χ2n) is 5.77. The smallest absolute Gasteiger partial charge is 0.357 e. The summed E-state index contributed by atoms with van der Waals surface area (Å²) in [6.07, 6.45) is 0.421. The van der Waals surface area contributed by atoms with Crippen molar-refractivity contribution in [1.82, 2.24) is 4.98 Å². The summed E-state index contributed by atoms with van der Waals surface area (Å²) in [6.45, 7) is 6.79. The van der Waals surface area contributed by atoms with Crippen molar-refractivity contribution in [3.8, 4) is 0 Å². The Hall–Kier alpha value is -1.62. The van der Waals surface area contributed by atoms with E-state index in [1.807, 2.05) is 31.7 Å². The molecule has 5 heteroatoms. The molecule has 0 spiro atoms. The molecule has 2 heterocycles. The van der Waals surface area contributed by atoms with Crippen LogP contribution in [0.3, 0.4) is 0 Å². The number of pyridine rings is 1. The summed E-state index contributed by atoms with van der Waals surface area (Å²) in [5.74, 6) is 0.286. The van der Waals surface area contributed by atoms with Gasteiger partial charge in [0.1, 0.15) is 11.4 Å². The minimum Gasteiger partial charge on any atom is -0.455 e. The highest BCUT2D eigenvalue weighted by Gasteiger charge is 2.23. The Morgan fingerprint density at radius 3 is 2.79 bits per heavy atom. The first-order valence-electron chi connectivity index (χ1n) is 6.48. The van der Waals surface area contributed by atoms with Crippen LogP contribution < -0.4 is 4.90 Å². The summed E-state index contributed by atoms with van der Waals surface area (Å²) in [5, 5.41) is 9.53. The molecule has 5 nitrogen and oxygen atoms in total. The Labute approximate surface area is 113 Å². The van der Waals surface area contributed by atoms with Crippen LogP contribution in [0.1, 0.15) is 37.7 Å². The van der Waals surface area contributed by atoms with Gasteiger partial charge in [0.15, 0.2) is 5.69 Å². The zero-order valence-electron chi connectivity index (χ0n) is 11.6. The zero-order chi connectivity index (χ0) is 14.0. The second-order valence-corrected chi connectivity index (χ2v) is 5.77. The molecular weight excluding hydrogens is 244 g/mol. The number of hydrogen-bond donors (Lipinski definition) is 1. The van der Waals surface area contributed by atoms with Crippen LogP contribution in [-0.4, -0.2) is 40.9 Å². The van der Waals surface area contributed by atoms with Crippen LogP contribution in [0.15, 0.2) is 18.2 Å². The number of carbonyl (C=O) groups is 1. The predicted octanol–water partition coefficient (Wildman–Crippen LogP) is 1.61. The van der Waals surface area contributed by atoms with Crippen molar-refractivity contribution in [3.05, 3.63) is 23.9 Å². The Bertz CT molecular complexity index is 468. The van der Waals surface area contributed by atoms with Crippen LogP contribution in [0.25, 0.3) is 0 Å². The van der Waals surface area contributed by atoms with Gasteiger partial charge in [-0.05, 0) is 39.3 Å². The SMILES string of the molecule is CC(C)(C)OC(=O)c1cccc(N2CC[C@@H](O)C2)n1. The van der Waals surface area contributed by atoms with E-state index in [0.717, 1.165) is 13.0 Å². The van der Waals surface area contributed by atoms with Gasteiger partial charge >= 0.3 is 5.97 Å². The van der Waals surface area contributed by atoms with Crippen molar-refractivity contribution in [2.75, 3.05) is 18.0 Å². The van der Waals surface area contributed by atoms with Crippen LogP contribution >= 0.6 is 0 Å². The predicted molar refractivity (Wildman–Crippen MR) is 72.2 cm³/mol. The van der Waals surface area contributed by atoms with E-state index in [4.69, 9.17) is 4.74 Å². The topological polar surface area (TPSA) is 62.7 Å². The largest absolute Gasteiger partial charge is 0.455 e. The van der Waals surface area contributed by atoms with Crippen molar-refractivity contribution in [3.63, 3.8) is 0 Å². The molecule has 0 radical (unpaired) electrons. The standard InChI is InChI=1S/C14H20N2O3/c1-14(2,3)19-13(18)11-5-4-6-12(15-11)16-8-7-10(17)9-16/h4-6,10,17H,7-9H2,1-3H3/t10-/m1/s1. The lowest BCUT2D eigenvalue weighted by molar-refractivity contribution is 0.00629. The average Bonchev–Trinajstić information content (AvgIpc) is 2.74. The number of aliphatic hydroxyl groups excluding tert-OH is 1. The number of rotatable bonds is 2. The first-order valence-corrected chi connectivity index (χ1v) is 6.48. The van der Waals surface area contributed by atoms with E-state index < -0.39 is 11.6 Å². The third kappa shape index (κ3) is 3.67. The fourth-order valence-corrected chi connectivity index (χ4v) is 1.99. The maximum Gasteiger partial charge on any atom is 0.357 e. The van der Waals surface area contributed by atoms with Crippen LogP contribution in [0.2, 0.25) is 0 Å². The quantitative estimate of drug-likeness (QED) is 0.822. The molecule has 104 valence electrons. The number of anilines is 1. The lowest BCUT2D eigenvalue weighted by Gasteiger charge is -2.20. The third-order valence-electron chi connectivity index (χ3n) is 2.83. The number of β-amino-alcohol motifs (C(OH)–C–C–N with tert-alkyl or cyclic N) is 1. The minimum absolute atomic E-state index is 0.300. The highest BCUT2D eigenvalue weighted by atomic mass is 16.6. The van der Waals surface area contributed by atoms with Gasteiger partial charge < -0.3 is 14.7 Å². The van der Waals surface area contributed by atoms with Gasteiger partial charge in [0, 0.05) is 13.1 Å². The highest BCUT2D eigenvalue weighted by molar-refractivity contribution is 5.88. The lowest BCUT2D eigenvalue weighted by atomic mass is 10.2. The first kappa shape index (κ1) is 13.8. The maximum atomic E-state index is 11.9. The summed E-state index contributed by atoms with van der Waals surface area (Å²) in [4.78, 5) is 18.2. The Balaban J connectivity index is 2.13. The van der Waals surface area contributed by atoms with Gasteiger partial charge in [-0.2, -0.15) is 0 Å². The number of aromatic nitrogens is 1. The Kier molecular flexibility index (Phi) is 3.75. The summed E-state index contributed by atoms with van der Waals surface area (Å²) in [7, 11) is 0. The van der Waals surface area contributed by atoms with E-state index in [1.54, 1.807) is 12.1 Å². The van der Waals surface area contributed by atoms with Crippen LogP contribution in [-0.2, 0) is 4.74 Å². The number of carbonyl (C=O) groups excluding carboxylic acids is 1. The van der Waals surface area contributed by atoms with E-state index in [1.165, 1.54) is 0 Å². The molecule has 0 saturated carbocycles. The van der Waals surface area contributed by atoms with Gasteiger partial charge in [0.05, 0.1) is 6.10 Å². The normalized spacial score (nSPS) is 19.6. The van der Waals surface area contributed by atoms with Crippen molar-refractivity contribution >= 4 is 11.8 Å². The van der Waals surface area contributed by atoms with Crippen LogP contribution in [0.4, 0.5) is 5.82 Å². The molecule has 1 atom stereocenters. The van der Waals surface area contributed by atoms with Crippen LogP contribution in [0, 0.1) is 0 Å². The van der Waals surface area contributed by atoms with Gasteiger partial charge in [-0.25, -0.2) is 9.78 Å². The number of hydrogen-bond acceptors (Lipinski definition) is 5. The molecular formula is C14H20N2O3. The molecule has 1 N–H and O–H groups in total. The first-order chi connectivity index (χ1) is 8.85. The minimum atomic E-state index is -0.529. The van der Waals surface area contributed by atoms with Crippen molar-refractivity contribution in [2.45, 2.75) is 38.9 Å². The number of aliphatic hydroxyl groups is 1. The number of esters is 1.